The van der Waals surface area contributed by atoms with Gasteiger partial charge in [0.05, 0.1) is 4.90 Å². The van der Waals surface area contributed by atoms with Gasteiger partial charge < -0.3 is 0 Å². The van der Waals surface area contributed by atoms with E-state index in [0.29, 0.717) is 16.2 Å². The van der Waals surface area contributed by atoms with Gasteiger partial charge in [0, 0.05) is 4.91 Å². The lowest BCUT2D eigenvalue weighted by Crippen LogP contribution is -2.08. The second-order valence-electron chi connectivity index (χ2n) is 4.89. The van der Waals surface area contributed by atoms with Crippen molar-refractivity contribution < 1.29 is 8.42 Å². The van der Waals surface area contributed by atoms with Gasteiger partial charge >= 0.3 is 0 Å². The zero-order valence-electron chi connectivity index (χ0n) is 11.0. The largest absolute Gasteiger partial charge is 0.219 e. The van der Waals surface area contributed by atoms with Crippen molar-refractivity contribution in [3.05, 3.63) is 52.0 Å². The first-order chi connectivity index (χ1) is 8.41. The molecule has 0 atom stereocenters. The summed E-state index contributed by atoms with van der Waals surface area (Å²) in [6, 6.07) is 7.10. The highest BCUT2D eigenvalue weighted by Gasteiger charge is 2.22. The summed E-state index contributed by atoms with van der Waals surface area (Å²) < 4.78 is 25.0. The van der Waals surface area contributed by atoms with E-state index in [2.05, 4.69) is 6.92 Å². The van der Waals surface area contributed by atoms with Crippen LogP contribution in [0.1, 0.15) is 32.3 Å². The standard InChI is InChI=1S/C15H18O2S/c1-11-5-4-6-14(9-11)18(16,17)15-8-7-12(2)13(3)10-15/h4-6,9-10H,7-8H2,1-3H3. The molecular weight excluding hydrogens is 244 g/mol. The monoisotopic (exact) mass is 262 g/mol. The predicted molar refractivity (Wildman–Crippen MR) is 74.1 cm³/mol. The Kier molecular flexibility index (Phi) is 3.44. The van der Waals surface area contributed by atoms with Crippen molar-refractivity contribution in [2.75, 3.05) is 0 Å². The van der Waals surface area contributed by atoms with Gasteiger partial charge in [0.2, 0.25) is 9.84 Å². The average Bonchev–Trinajstić information content (AvgIpc) is 2.32. The molecular formula is C15H18O2S. The van der Waals surface area contributed by atoms with E-state index in [1.54, 1.807) is 18.2 Å². The molecule has 0 heterocycles. The smallest absolute Gasteiger partial charge is 0.202 e. The molecule has 0 N–H and O–H groups in total. The molecule has 1 aromatic rings. The Morgan fingerprint density at radius 3 is 2.39 bits per heavy atom. The Morgan fingerprint density at radius 1 is 1.06 bits per heavy atom. The number of hydrogen-bond acceptors (Lipinski definition) is 2. The Balaban J connectivity index is 2.48. The molecule has 1 aromatic carbocycles. The summed E-state index contributed by atoms with van der Waals surface area (Å²) in [5.41, 5.74) is 3.32. The molecule has 3 heteroatoms. The molecule has 0 fully saturated rings. The summed E-state index contributed by atoms with van der Waals surface area (Å²) in [5.74, 6) is 0. The second kappa shape index (κ2) is 4.73. The normalized spacial score (nSPS) is 16.7. The summed E-state index contributed by atoms with van der Waals surface area (Å²) in [6.45, 7) is 5.94. The lowest BCUT2D eigenvalue weighted by Gasteiger charge is -2.16. The van der Waals surface area contributed by atoms with Gasteiger partial charge in [0.1, 0.15) is 0 Å². The second-order valence-corrected chi connectivity index (χ2v) is 6.90. The van der Waals surface area contributed by atoms with Gasteiger partial charge in [-0.25, -0.2) is 8.42 Å². The first kappa shape index (κ1) is 13.1. The van der Waals surface area contributed by atoms with Crippen LogP contribution in [0.3, 0.4) is 0 Å². The predicted octanol–water partition coefficient (Wildman–Crippen LogP) is 3.78. The fraction of sp³-hybridized carbons (Fsp3) is 0.333. The van der Waals surface area contributed by atoms with Crippen LogP contribution in [-0.2, 0) is 9.84 Å². The van der Waals surface area contributed by atoms with Gasteiger partial charge in [-0.3, -0.25) is 0 Å². The zero-order valence-corrected chi connectivity index (χ0v) is 11.8. The van der Waals surface area contributed by atoms with Gasteiger partial charge in [-0.1, -0.05) is 23.3 Å². The zero-order chi connectivity index (χ0) is 13.3. The first-order valence-electron chi connectivity index (χ1n) is 6.10. The Bertz CT molecular complexity index is 634. The van der Waals surface area contributed by atoms with Crippen LogP contribution in [-0.4, -0.2) is 8.42 Å². The van der Waals surface area contributed by atoms with Crippen molar-refractivity contribution in [1.82, 2.24) is 0 Å². The van der Waals surface area contributed by atoms with E-state index in [1.165, 1.54) is 5.57 Å². The molecule has 0 saturated carbocycles. The van der Waals surface area contributed by atoms with E-state index < -0.39 is 9.84 Å². The van der Waals surface area contributed by atoms with Crippen LogP contribution in [0.15, 0.2) is 51.3 Å². The van der Waals surface area contributed by atoms with Crippen LogP contribution in [0.25, 0.3) is 0 Å². The molecule has 96 valence electrons. The van der Waals surface area contributed by atoms with Crippen LogP contribution in [0.4, 0.5) is 0 Å². The maximum atomic E-state index is 12.5. The van der Waals surface area contributed by atoms with Crippen molar-refractivity contribution >= 4 is 9.84 Å². The molecule has 0 saturated heterocycles. The Labute approximate surface area is 109 Å². The molecule has 0 aromatic heterocycles. The number of hydrogen-bond donors (Lipinski definition) is 0. The fourth-order valence-corrected chi connectivity index (χ4v) is 3.69. The maximum absolute atomic E-state index is 12.5. The van der Waals surface area contributed by atoms with Gasteiger partial charge in [0.15, 0.2) is 0 Å². The maximum Gasteiger partial charge on any atom is 0.202 e. The van der Waals surface area contributed by atoms with Crippen molar-refractivity contribution in [3.8, 4) is 0 Å². The third-order valence-electron chi connectivity index (χ3n) is 3.44. The molecule has 2 nitrogen and oxygen atoms in total. The lowest BCUT2D eigenvalue weighted by molar-refractivity contribution is 0.599. The molecule has 1 aliphatic carbocycles. The average molecular weight is 262 g/mol. The molecule has 0 amide bonds. The summed E-state index contributed by atoms with van der Waals surface area (Å²) >= 11 is 0. The van der Waals surface area contributed by atoms with Crippen LogP contribution >= 0.6 is 0 Å². The highest BCUT2D eigenvalue weighted by molar-refractivity contribution is 7.95. The molecule has 0 unspecified atom stereocenters. The van der Waals surface area contributed by atoms with Gasteiger partial charge in [0.25, 0.3) is 0 Å². The van der Waals surface area contributed by atoms with Crippen molar-refractivity contribution in [3.63, 3.8) is 0 Å². The van der Waals surface area contributed by atoms with E-state index >= 15 is 0 Å². The molecule has 2 rings (SSSR count). The summed E-state index contributed by atoms with van der Waals surface area (Å²) in [6.07, 6.45) is 3.26. The van der Waals surface area contributed by atoms with E-state index in [9.17, 15) is 8.42 Å². The lowest BCUT2D eigenvalue weighted by atomic mass is 10.0. The van der Waals surface area contributed by atoms with E-state index in [1.807, 2.05) is 26.0 Å². The molecule has 1 aliphatic rings. The van der Waals surface area contributed by atoms with Gasteiger partial charge in [-0.15, -0.1) is 0 Å². The number of rotatable bonds is 2. The molecule has 0 aliphatic heterocycles. The van der Waals surface area contributed by atoms with Crippen LogP contribution in [0.2, 0.25) is 0 Å². The van der Waals surface area contributed by atoms with Crippen LogP contribution < -0.4 is 0 Å². The van der Waals surface area contributed by atoms with E-state index in [0.717, 1.165) is 17.6 Å². The van der Waals surface area contributed by atoms with Crippen molar-refractivity contribution in [2.24, 2.45) is 0 Å². The minimum absolute atomic E-state index is 0.404. The molecule has 0 bridgehead atoms. The SMILES string of the molecule is CC1=C(C)CCC(S(=O)(=O)c2cccc(C)c2)=C1. The number of sulfone groups is 1. The minimum atomic E-state index is -3.31. The summed E-state index contributed by atoms with van der Waals surface area (Å²) in [7, 11) is -3.31. The molecule has 0 spiro atoms. The van der Waals surface area contributed by atoms with E-state index in [-0.39, 0.29) is 0 Å². The Hall–Kier alpha value is -1.35. The summed E-state index contributed by atoms with van der Waals surface area (Å²) in [5, 5.41) is 0. The molecule has 0 radical (unpaired) electrons. The first-order valence-corrected chi connectivity index (χ1v) is 7.58. The van der Waals surface area contributed by atoms with Gasteiger partial charge in [-0.05, 0) is 57.4 Å². The van der Waals surface area contributed by atoms with Gasteiger partial charge in [-0.2, -0.15) is 0 Å². The minimum Gasteiger partial charge on any atom is -0.219 e. The highest BCUT2D eigenvalue weighted by Crippen LogP contribution is 2.30. The third kappa shape index (κ3) is 2.41. The van der Waals surface area contributed by atoms with Crippen molar-refractivity contribution in [2.45, 2.75) is 38.5 Å². The Morgan fingerprint density at radius 2 is 1.78 bits per heavy atom. The molecule has 18 heavy (non-hydrogen) atoms. The third-order valence-corrected chi connectivity index (χ3v) is 5.33. The highest BCUT2D eigenvalue weighted by atomic mass is 32.2. The van der Waals surface area contributed by atoms with Crippen LogP contribution in [0, 0.1) is 6.92 Å². The number of allylic oxidation sites excluding steroid dienone is 4. The summed E-state index contributed by atoms with van der Waals surface area (Å²) in [4.78, 5) is 0.942. The fourth-order valence-electron chi connectivity index (χ4n) is 2.09. The van der Waals surface area contributed by atoms with E-state index in [4.69, 9.17) is 0 Å². The number of aryl methyl sites for hydroxylation is 1. The number of benzene rings is 1. The van der Waals surface area contributed by atoms with Crippen LogP contribution in [0.5, 0.6) is 0 Å². The topological polar surface area (TPSA) is 34.1 Å². The quantitative estimate of drug-likeness (QED) is 0.812. The van der Waals surface area contributed by atoms with Crippen molar-refractivity contribution in [1.29, 1.82) is 0 Å².